The molecule has 0 atom stereocenters. The average Bonchev–Trinajstić information content (AvgIpc) is 3.51. The molecular weight excluding hydrogens is 497 g/mol. The van der Waals surface area contributed by atoms with Gasteiger partial charge >= 0.3 is 0 Å². The van der Waals surface area contributed by atoms with Gasteiger partial charge < -0.3 is 10.3 Å². The summed E-state index contributed by atoms with van der Waals surface area (Å²) in [5, 5.41) is 13.9. The largest absolute Gasteiger partial charge is 0.358 e. The highest BCUT2D eigenvalue weighted by Gasteiger charge is 2.15. The van der Waals surface area contributed by atoms with Crippen molar-refractivity contribution in [1.29, 1.82) is 0 Å². The summed E-state index contributed by atoms with van der Waals surface area (Å²) in [5.41, 5.74) is 7.51. The number of nitrogens with zero attached hydrogens (tertiary/aromatic N) is 2. The van der Waals surface area contributed by atoms with Crippen LogP contribution in [0, 0.1) is 11.2 Å². The molecule has 0 aliphatic heterocycles. The van der Waals surface area contributed by atoms with Gasteiger partial charge in [-0.25, -0.2) is 4.39 Å². The lowest BCUT2D eigenvalue weighted by molar-refractivity contribution is 0.411. The summed E-state index contributed by atoms with van der Waals surface area (Å²) in [6.45, 7) is 17.0. The molecule has 0 aliphatic rings. The van der Waals surface area contributed by atoms with Crippen LogP contribution in [-0.4, -0.2) is 20.2 Å². The molecule has 3 heterocycles. The van der Waals surface area contributed by atoms with Crippen LogP contribution in [0.2, 0.25) is 0 Å². The van der Waals surface area contributed by atoms with E-state index in [4.69, 9.17) is 0 Å². The number of fused-ring (bicyclic) bond motifs is 1. The maximum Gasteiger partial charge on any atom is 0.131 e. The van der Waals surface area contributed by atoms with Gasteiger partial charge in [-0.05, 0) is 60.2 Å². The van der Waals surface area contributed by atoms with Crippen LogP contribution in [0.3, 0.4) is 0 Å². The van der Waals surface area contributed by atoms with E-state index in [1.54, 1.807) is 24.5 Å². The third-order valence-electron chi connectivity index (χ3n) is 6.70. The first-order valence-corrected chi connectivity index (χ1v) is 13.3. The summed E-state index contributed by atoms with van der Waals surface area (Å²) in [6.07, 6.45) is 8.44. The number of allylic oxidation sites excluding steroid dienone is 2. The lowest BCUT2D eigenvalue weighted by atomic mass is 9.91. The number of pyridine rings is 1. The van der Waals surface area contributed by atoms with Crippen LogP contribution in [-0.2, 0) is 0 Å². The molecule has 0 radical (unpaired) electrons. The Bertz CT molecular complexity index is 1850. The number of rotatable bonds is 7. The van der Waals surface area contributed by atoms with Gasteiger partial charge in [-0.15, -0.1) is 0 Å². The number of benzene rings is 2. The van der Waals surface area contributed by atoms with Crippen LogP contribution in [0.1, 0.15) is 39.7 Å². The Morgan fingerprint density at radius 2 is 1.80 bits per heavy atom. The Balaban J connectivity index is 1.53. The molecule has 0 unspecified atom stereocenters. The van der Waals surface area contributed by atoms with E-state index in [0.29, 0.717) is 5.56 Å². The molecule has 202 valence electrons. The topological polar surface area (TPSA) is 69.4 Å². The van der Waals surface area contributed by atoms with E-state index in [9.17, 15) is 4.39 Å². The molecule has 0 aliphatic carbocycles. The molecule has 40 heavy (non-hydrogen) atoms. The number of hydrogen-bond acceptors (Lipinski definition) is 3. The number of halogens is 1. The van der Waals surface area contributed by atoms with E-state index in [1.165, 1.54) is 6.07 Å². The summed E-state index contributed by atoms with van der Waals surface area (Å²) in [6, 6.07) is 16.7. The SMILES string of the molecule is C=C(CC(C)(C)C)Nc1cncc(C(=C)/C=c2/c(-c3cc4c(-c5ccccc5F)cccc4[nH]3)n[nH]/c2=C/C)c1. The Morgan fingerprint density at radius 3 is 2.55 bits per heavy atom. The molecule has 0 saturated carbocycles. The van der Waals surface area contributed by atoms with Gasteiger partial charge in [-0.2, -0.15) is 5.10 Å². The number of hydrogen-bond donors (Lipinski definition) is 3. The number of nitrogens with one attached hydrogen (secondary N) is 3. The molecule has 6 heteroatoms. The van der Waals surface area contributed by atoms with Crippen LogP contribution < -0.4 is 15.9 Å². The lowest BCUT2D eigenvalue weighted by Gasteiger charge is -2.20. The summed E-state index contributed by atoms with van der Waals surface area (Å²) < 4.78 is 14.7. The molecule has 0 amide bonds. The van der Waals surface area contributed by atoms with E-state index < -0.39 is 0 Å². The van der Waals surface area contributed by atoms with Crippen molar-refractivity contribution >= 4 is 34.3 Å². The highest BCUT2D eigenvalue weighted by atomic mass is 19.1. The minimum absolute atomic E-state index is 0.135. The Labute approximate surface area is 233 Å². The molecule has 3 aromatic heterocycles. The van der Waals surface area contributed by atoms with Gasteiger partial charge in [0.2, 0.25) is 0 Å². The normalized spacial score (nSPS) is 12.7. The van der Waals surface area contributed by atoms with Gasteiger partial charge in [0.15, 0.2) is 0 Å². The summed E-state index contributed by atoms with van der Waals surface area (Å²) in [7, 11) is 0. The van der Waals surface area contributed by atoms with Crippen LogP contribution in [0.15, 0.2) is 85.8 Å². The second-order valence-corrected chi connectivity index (χ2v) is 11.2. The number of aromatic amines is 2. The van der Waals surface area contributed by atoms with Crippen molar-refractivity contribution in [2.75, 3.05) is 5.32 Å². The summed E-state index contributed by atoms with van der Waals surface area (Å²) in [5.74, 6) is -0.252. The predicted molar refractivity (Wildman–Crippen MR) is 165 cm³/mol. The van der Waals surface area contributed by atoms with Crippen molar-refractivity contribution in [1.82, 2.24) is 20.2 Å². The standard InChI is InChI=1S/C34H34FN5/c1-7-30-28(15-21(2)23-16-24(20-36-19-23)37-22(3)18-34(4,5)6)33(40-39-30)32-17-27-25(12-10-14-31(27)38-32)26-11-8-9-13-29(26)35/h7-17,19-20,37-39H,2-3,18H2,1,4-6H3/b28-15+,30-7+. The highest BCUT2D eigenvalue weighted by Crippen LogP contribution is 2.32. The zero-order valence-corrected chi connectivity index (χ0v) is 23.4. The number of aromatic nitrogens is 4. The van der Waals surface area contributed by atoms with Gasteiger partial charge in [0.05, 0.1) is 22.9 Å². The van der Waals surface area contributed by atoms with Crippen molar-refractivity contribution in [2.45, 2.75) is 34.1 Å². The van der Waals surface area contributed by atoms with Crippen molar-refractivity contribution < 1.29 is 4.39 Å². The summed E-state index contributed by atoms with van der Waals surface area (Å²) >= 11 is 0. The van der Waals surface area contributed by atoms with E-state index in [-0.39, 0.29) is 11.2 Å². The van der Waals surface area contributed by atoms with Crippen LogP contribution in [0.4, 0.5) is 10.1 Å². The minimum Gasteiger partial charge on any atom is -0.358 e. The molecule has 5 nitrogen and oxygen atoms in total. The second kappa shape index (κ2) is 10.8. The molecule has 5 aromatic rings. The van der Waals surface area contributed by atoms with E-state index in [0.717, 1.165) is 67.4 Å². The van der Waals surface area contributed by atoms with Gasteiger partial charge in [-0.1, -0.05) is 70.3 Å². The minimum atomic E-state index is -0.252. The Hall–Kier alpha value is -4.71. The van der Waals surface area contributed by atoms with Gasteiger partial charge in [-0.3, -0.25) is 10.1 Å². The fourth-order valence-corrected chi connectivity index (χ4v) is 4.96. The predicted octanol–water partition coefficient (Wildman–Crippen LogP) is 7.42. The molecular formula is C34H34FN5. The molecule has 0 saturated heterocycles. The first-order chi connectivity index (χ1) is 19.1. The number of H-pyrrole nitrogens is 2. The maximum atomic E-state index is 14.7. The smallest absolute Gasteiger partial charge is 0.131 e. The van der Waals surface area contributed by atoms with Gasteiger partial charge in [0, 0.05) is 39.1 Å². The van der Waals surface area contributed by atoms with Crippen molar-refractivity contribution in [3.63, 3.8) is 0 Å². The Kier molecular flexibility index (Phi) is 7.26. The lowest BCUT2D eigenvalue weighted by Crippen LogP contribution is -2.23. The van der Waals surface area contributed by atoms with Gasteiger partial charge in [0.1, 0.15) is 11.5 Å². The van der Waals surface area contributed by atoms with Crippen LogP contribution in [0.25, 0.3) is 51.1 Å². The van der Waals surface area contributed by atoms with Gasteiger partial charge in [0.25, 0.3) is 0 Å². The molecule has 0 fully saturated rings. The first-order valence-electron chi connectivity index (χ1n) is 13.3. The van der Waals surface area contributed by atoms with Crippen LogP contribution >= 0.6 is 0 Å². The maximum absolute atomic E-state index is 14.7. The fourth-order valence-electron chi connectivity index (χ4n) is 4.96. The highest BCUT2D eigenvalue weighted by molar-refractivity contribution is 5.98. The first kappa shape index (κ1) is 26.9. The Morgan fingerprint density at radius 1 is 1.02 bits per heavy atom. The zero-order valence-electron chi connectivity index (χ0n) is 23.4. The monoisotopic (exact) mass is 531 g/mol. The molecule has 2 aromatic carbocycles. The third kappa shape index (κ3) is 5.66. The quantitative estimate of drug-likeness (QED) is 0.205. The third-order valence-corrected chi connectivity index (χ3v) is 6.70. The fraction of sp³-hybridized carbons (Fsp3) is 0.176. The van der Waals surface area contributed by atoms with Crippen LogP contribution in [0.5, 0.6) is 0 Å². The van der Waals surface area contributed by atoms with Crippen molar-refractivity contribution in [2.24, 2.45) is 5.41 Å². The van der Waals surface area contributed by atoms with E-state index in [1.807, 2.05) is 55.5 Å². The van der Waals surface area contributed by atoms with Crippen molar-refractivity contribution in [3.05, 3.63) is 108 Å². The zero-order chi connectivity index (χ0) is 28.4. The van der Waals surface area contributed by atoms with E-state index >= 15 is 0 Å². The average molecular weight is 532 g/mol. The molecule has 3 N–H and O–H groups in total. The molecule has 0 spiro atoms. The summed E-state index contributed by atoms with van der Waals surface area (Å²) in [4.78, 5) is 7.91. The molecule has 0 bridgehead atoms. The molecule has 5 rings (SSSR count). The van der Waals surface area contributed by atoms with E-state index in [2.05, 4.69) is 59.4 Å². The van der Waals surface area contributed by atoms with Crippen molar-refractivity contribution in [3.8, 4) is 22.5 Å². The number of anilines is 1. The second-order valence-electron chi connectivity index (χ2n) is 11.2.